The highest BCUT2D eigenvalue weighted by atomic mass is 19.1. The van der Waals surface area contributed by atoms with E-state index >= 15 is 0 Å². The number of benzene rings is 2. The molecule has 0 aliphatic heterocycles. The van der Waals surface area contributed by atoms with E-state index in [1.54, 1.807) is 20.8 Å². The van der Waals surface area contributed by atoms with E-state index in [0.717, 1.165) is 0 Å². The summed E-state index contributed by atoms with van der Waals surface area (Å²) < 4.78 is 50.1. The first-order valence-electron chi connectivity index (χ1n) is 12.2. The minimum atomic E-state index is -0.896. The lowest BCUT2D eigenvalue weighted by atomic mass is 9.85. The normalized spacial score (nSPS) is 11.6. The Bertz CT molecular complexity index is 1260. The molecular formula is C28H30F2N2O7. The maximum absolute atomic E-state index is 14.1. The molecule has 208 valence electrons. The molecule has 11 heteroatoms. The second-order valence-corrected chi connectivity index (χ2v) is 8.30. The number of hydrogen-bond acceptors (Lipinski definition) is 8. The van der Waals surface area contributed by atoms with Gasteiger partial charge in [0.1, 0.15) is 35.8 Å². The van der Waals surface area contributed by atoms with Gasteiger partial charge in [0.2, 0.25) is 0 Å². The summed E-state index contributed by atoms with van der Waals surface area (Å²) >= 11 is 0. The van der Waals surface area contributed by atoms with Crippen molar-refractivity contribution in [2.75, 3.05) is 26.9 Å². The minimum absolute atomic E-state index is 0.0444. The van der Waals surface area contributed by atoms with Gasteiger partial charge in [0.25, 0.3) is 5.91 Å². The summed E-state index contributed by atoms with van der Waals surface area (Å²) in [6.45, 7) is 5.05. The lowest BCUT2D eigenvalue weighted by molar-refractivity contribution is -0.147. The van der Waals surface area contributed by atoms with Crippen molar-refractivity contribution in [1.82, 2.24) is 10.3 Å². The fourth-order valence-electron chi connectivity index (χ4n) is 4.08. The number of nitrogens with zero attached hydrogens (tertiary/aromatic N) is 1. The molecule has 1 heterocycles. The van der Waals surface area contributed by atoms with Crippen LogP contribution in [-0.2, 0) is 9.53 Å². The number of amides is 1. The van der Waals surface area contributed by atoms with E-state index in [4.69, 9.17) is 18.9 Å². The van der Waals surface area contributed by atoms with Crippen molar-refractivity contribution in [2.45, 2.75) is 32.8 Å². The van der Waals surface area contributed by atoms with E-state index in [9.17, 15) is 23.5 Å². The molecule has 0 radical (unpaired) electrons. The maximum Gasteiger partial charge on any atom is 0.325 e. The van der Waals surface area contributed by atoms with Crippen molar-refractivity contribution in [3.63, 3.8) is 0 Å². The summed E-state index contributed by atoms with van der Waals surface area (Å²) in [4.78, 5) is 29.1. The first-order valence-corrected chi connectivity index (χ1v) is 12.2. The second-order valence-electron chi connectivity index (χ2n) is 8.30. The standard InChI is InChI=1S/C28H30F2N2O7/c1-5-37-22-13-17(29)7-9-19(22)25(20-10-8-18(30)14-23(20)38-6-2)16(3)39-24(33)15-32-28(35)26-27(34)21(36-4)11-12-31-26/h7-14,16,25,34H,5-6,15H2,1-4H3,(H,32,35). The van der Waals surface area contributed by atoms with Gasteiger partial charge < -0.3 is 29.4 Å². The van der Waals surface area contributed by atoms with E-state index in [1.165, 1.54) is 55.8 Å². The van der Waals surface area contributed by atoms with Crippen LogP contribution in [0.15, 0.2) is 48.7 Å². The highest BCUT2D eigenvalue weighted by molar-refractivity contribution is 5.97. The maximum atomic E-state index is 14.1. The van der Waals surface area contributed by atoms with E-state index in [1.807, 2.05) is 0 Å². The number of carbonyl (C=O) groups is 2. The van der Waals surface area contributed by atoms with Gasteiger partial charge in [0.15, 0.2) is 17.2 Å². The molecule has 1 atom stereocenters. The van der Waals surface area contributed by atoms with Crippen molar-refractivity contribution in [3.8, 4) is 23.0 Å². The van der Waals surface area contributed by atoms with Gasteiger partial charge in [-0.25, -0.2) is 13.8 Å². The Morgan fingerprint density at radius 1 is 0.949 bits per heavy atom. The number of aromatic hydroxyl groups is 1. The Morgan fingerprint density at radius 3 is 2.03 bits per heavy atom. The SMILES string of the molecule is CCOc1cc(F)ccc1C(c1ccc(F)cc1OCC)C(C)OC(=O)CNC(=O)c1nccc(OC)c1O. The van der Waals surface area contributed by atoms with Crippen LogP contribution in [0, 0.1) is 11.6 Å². The molecule has 39 heavy (non-hydrogen) atoms. The fourth-order valence-corrected chi connectivity index (χ4v) is 4.08. The van der Waals surface area contributed by atoms with E-state index in [2.05, 4.69) is 10.3 Å². The lowest BCUT2D eigenvalue weighted by Gasteiger charge is -2.28. The number of nitrogens with one attached hydrogen (secondary N) is 1. The Morgan fingerprint density at radius 2 is 1.51 bits per heavy atom. The lowest BCUT2D eigenvalue weighted by Crippen LogP contribution is -2.34. The molecule has 2 N–H and O–H groups in total. The predicted molar refractivity (Wildman–Crippen MR) is 137 cm³/mol. The summed E-state index contributed by atoms with van der Waals surface area (Å²) in [5.41, 5.74) is 0.648. The zero-order chi connectivity index (χ0) is 28.5. The molecule has 1 aromatic heterocycles. The van der Waals surface area contributed by atoms with Crippen LogP contribution in [0.2, 0.25) is 0 Å². The molecule has 0 bridgehead atoms. The number of aromatic nitrogens is 1. The minimum Gasteiger partial charge on any atom is -0.503 e. The molecule has 0 aliphatic carbocycles. The van der Waals surface area contributed by atoms with Crippen molar-refractivity contribution in [2.24, 2.45) is 0 Å². The summed E-state index contributed by atoms with van der Waals surface area (Å²) in [6.07, 6.45) is 0.377. The van der Waals surface area contributed by atoms with E-state index in [0.29, 0.717) is 11.1 Å². The highest BCUT2D eigenvalue weighted by Gasteiger charge is 2.31. The highest BCUT2D eigenvalue weighted by Crippen LogP contribution is 2.40. The van der Waals surface area contributed by atoms with E-state index < -0.39 is 47.8 Å². The van der Waals surface area contributed by atoms with Crippen molar-refractivity contribution in [1.29, 1.82) is 0 Å². The second kappa shape index (κ2) is 13.4. The van der Waals surface area contributed by atoms with Crippen molar-refractivity contribution < 1.29 is 42.4 Å². The number of ether oxygens (including phenoxy) is 4. The topological polar surface area (TPSA) is 116 Å². The number of carbonyl (C=O) groups excluding carboxylic acids is 2. The van der Waals surface area contributed by atoms with Gasteiger partial charge in [-0.3, -0.25) is 9.59 Å². The Hall–Kier alpha value is -4.41. The first kappa shape index (κ1) is 29.2. The molecule has 9 nitrogen and oxygen atoms in total. The molecule has 0 aliphatic rings. The van der Waals surface area contributed by atoms with Gasteiger partial charge in [-0.05, 0) is 32.9 Å². The molecular weight excluding hydrogens is 514 g/mol. The molecule has 1 unspecified atom stereocenters. The molecule has 3 aromatic rings. The quantitative estimate of drug-likeness (QED) is 0.323. The number of rotatable bonds is 12. The van der Waals surface area contributed by atoms with Gasteiger partial charge in [0.05, 0.1) is 26.2 Å². The summed E-state index contributed by atoms with van der Waals surface area (Å²) in [5.74, 6) is -3.39. The molecule has 3 rings (SSSR count). The monoisotopic (exact) mass is 544 g/mol. The van der Waals surface area contributed by atoms with Gasteiger partial charge in [0, 0.05) is 35.5 Å². The zero-order valence-electron chi connectivity index (χ0n) is 22.0. The van der Waals surface area contributed by atoms with Crippen LogP contribution in [0.5, 0.6) is 23.0 Å². The van der Waals surface area contributed by atoms with E-state index in [-0.39, 0.29) is 36.2 Å². The van der Waals surface area contributed by atoms with Crippen molar-refractivity contribution in [3.05, 3.63) is 77.1 Å². The number of pyridine rings is 1. The molecule has 1 amide bonds. The first-order chi connectivity index (χ1) is 18.7. The molecule has 2 aromatic carbocycles. The molecule has 0 spiro atoms. The van der Waals surface area contributed by atoms with Gasteiger partial charge in [-0.15, -0.1) is 0 Å². The van der Waals surface area contributed by atoms with Crippen LogP contribution in [0.25, 0.3) is 0 Å². The van der Waals surface area contributed by atoms with Crippen LogP contribution in [0.1, 0.15) is 48.3 Å². The molecule has 0 saturated carbocycles. The Kier molecular flexibility index (Phi) is 10.0. The third-order valence-electron chi connectivity index (χ3n) is 5.72. The Labute approximate surface area is 224 Å². The summed E-state index contributed by atoms with van der Waals surface area (Å²) in [6, 6.07) is 9.32. The van der Waals surface area contributed by atoms with Crippen LogP contribution in [0.4, 0.5) is 8.78 Å². The van der Waals surface area contributed by atoms with Crippen molar-refractivity contribution >= 4 is 11.9 Å². The largest absolute Gasteiger partial charge is 0.503 e. The van der Waals surface area contributed by atoms with Crippen LogP contribution < -0.4 is 19.5 Å². The molecule has 0 fully saturated rings. The number of esters is 1. The van der Waals surface area contributed by atoms with Crippen LogP contribution >= 0.6 is 0 Å². The van der Waals surface area contributed by atoms with Crippen LogP contribution in [0.3, 0.4) is 0 Å². The van der Waals surface area contributed by atoms with Gasteiger partial charge in [-0.2, -0.15) is 0 Å². The summed E-state index contributed by atoms with van der Waals surface area (Å²) in [5, 5.41) is 12.5. The van der Waals surface area contributed by atoms with Gasteiger partial charge >= 0.3 is 5.97 Å². The fraction of sp³-hybridized carbons (Fsp3) is 0.321. The third kappa shape index (κ3) is 7.13. The number of hydrogen-bond donors (Lipinski definition) is 2. The number of methoxy groups -OCH3 is 1. The summed E-state index contributed by atoms with van der Waals surface area (Å²) in [7, 11) is 1.32. The number of halogens is 2. The smallest absolute Gasteiger partial charge is 0.325 e. The predicted octanol–water partition coefficient (Wildman–Crippen LogP) is 4.37. The molecule has 0 saturated heterocycles. The van der Waals surface area contributed by atoms with Gasteiger partial charge in [-0.1, -0.05) is 12.1 Å². The third-order valence-corrected chi connectivity index (χ3v) is 5.72. The zero-order valence-corrected chi connectivity index (χ0v) is 22.0. The average molecular weight is 545 g/mol. The average Bonchev–Trinajstić information content (AvgIpc) is 2.90. The van der Waals surface area contributed by atoms with Crippen LogP contribution in [-0.4, -0.2) is 54.9 Å². The Balaban J connectivity index is 1.88.